The average molecular weight is 458 g/mol. The highest BCUT2D eigenvalue weighted by molar-refractivity contribution is 7.09. The standard InChI is InChI=1S/C19H21F3N4O4S/c1-13-12-31-17(23-13)18(28,19(20,21)22)10-16(27)25-7-5-24(6-8-25)11-14-3-2-4-15(9-14)26(29)30/h2-4,9,12,28H,5-8,10-11H2,1H3. The van der Waals surface area contributed by atoms with Crippen LogP contribution >= 0.6 is 11.3 Å². The lowest BCUT2D eigenvalue weighted by molar-refractivity contribution is -0.384. The summed E-state index contributed by atoms with van der Waals surface area (Å²) < 4.78 is 40.8. The second-order valence-electron chi connectivity index (χ2n) is 7.41. The number of nitro groups is 1. The molecular weight excluding hydrogens is 437 g/mol. The lowest BCUT2D eigenvalue weighted by atomic mass is 9.98. The van der Waals surface area contributed by atoms with Crippen LogP contribution in [-0.4, -0.2) is 63.1 Å². The van der Waals surface area contributed by atoms with Gasteiger partial charge in [0.05, 0.1) is 11.3 Å². The molecular formula is C19H21F3N4O4S. The van der Waals surface area contributed by atoms with Crippen LogP contribution in [0.25, 0.3) is 0 Å². The maximum atomic E-state index is 13.6. The van der Waals surface area contributed by atoms with Crippen molar-refractivity contribution in [3.63, 3.8) is 0 Å². The van der Waals surface area contributed by atoms with Crippen LogP contribution in [0.15, 0.2) is 29.6 Å². The second-order valence-corrected chi connectivity index (χ2v) is 8.27. The molecule has 0 aliphatic carbocycles. The Kier molecular flexibility index (Phi) is 6.62. The Bertz CT molecular complexity index is 960. The van der Waals surface area contributed by atoms with Crippen molar-refractivity contribution in [1.29, 1.82) is 0 Å². The third-order valence-corrected chi connectivity index (χ3v) is 6.21. The van der Waals surface area contributed by atoms with Gasteiger partial charge in [-0.15, -0.1) is 11.3 Å². The molecule has 0 saturated carbocycles. The molecule has 1 aromatic carbocycles. The zero-order valence-electron chi connectivity index (χ0n) is 16.6. The Morgan fingerprint density at radius 1 is 1.29 bits per heavy atom. The number of amides is 1. The molecule has 2 aromatic rings. The minimum absolute atomic E-state index is 0.0184. The summed E-state index contributed by atoms with van der Waals surface area (Å²) in [5.74, 6) is -0.803. The monoisotopic (exact) mass is 458 g/mol. The zero-order chi connectivity index (χ0) is 22.8. The first kappa shape index (κ1) is 23.1. The van der Waals surface area contributed by atoms with Crippen molar-refractivity contribution in [2.75, 3.05) is 26.2 Å². The Labute approximate surface area is 180 Å². The summed E-state index contributed by atoms with van der Waals surface area (Å²) in [5, 5.41) is 22.1. The van der Waals surface area contributed by atoms with Crippen LogP contribution in [0, 0.1) is 17.0 Å². The zero-order valence-corrected chi connectivity index (χ0v) is 17.4. The minimum atomic E-state index is -5.04. The summed E-state index contributed by atoms with van der Waals surface area (Å²) in [6, 6.07) is 6.21. The number of carbonyl (C=O) groups is 1. The Balaban J connectivity index is 1.62. The van der Waals surface area contributed by atoms with Crippen LogP contribution in [0.5, 0.6) is 0 Å². The van der Waals surface area contributed by atoms with Crippen molar-refractivity contribution in [3.05, 3.63) is 56.0 Å². The summed E-state index contributed by atoms with van der Waals surface area (Å²) in [6.45, 7) is 3.12. The molecule has 1 aliphatic rings. The molecule has 0 spiro atoms. The van der Waals surface area contributed by atoms with Gasteiger partial charge in [0.15, 0.2) is 0 Å². The SMILES string of the molecule is Cc1csc(C(O)(CC(=O)N2CCN(Cc3cccc([N+](=O)[O-])c3)CC2)C(F)(F)F)n1. The van der Waals surface area contributed by atoms with Gasteiger partial charge in [-0.1, -0.05) is 12.1 Å². The van der Waals surface area contributed by atoms with Crippen LogP contribution in [-0.2, 0) is 16.9 Å². The number of piperazine rings is 1. The molecule has 2 heterocycles. The van der Waals surface area contributed by atoms with Crippen molar-refractivity contribution >= 4 is 22.9 Å². The minimum Gasteiger partial charge on any atom is -0.374 e. The fourth-order valence-corrected chi connectivity index (χ4v) is 4.27. The van der Waals surface area contributed by atoms with E-state index in [-0.39, 0.29) is 18.8 Å². The molecule has 0 bridgehead atoms. The molecule has 1 fully saturated rings. The van der Waals surface area contributed by atoms with Gasteiger partial charge in [0, 0.05) is 55.9 Å². The number of nitrogens with zero attached hydrogens (tertiary/aromatic N) is 4. The third-order valence-electron chi connectivity index (χ3n) is 5.10. The topological polar surface area (TPSA) is 99.8 Å². The highest BCUT2D eigenvalue weighted by atomic mass is 32.1. The van der Waals surface area contributed by atoms with Gasteiger partial charge >= 0.3 is 6.18 Å². The molecule has 1 N–H and O–H groups in total. The second kappa shape index (κ2) is 8.89. The molecule has 3 rings (SSSR count). The third kappa shape index (κ3) is 5.20. The van der Waals surface area contributed by atoms with Crippen molar-refractivity contribution in [2.24, 2.45) is 0 Å². The fraction of sp³-hybridized carbons (Fsp3) is 0.474. The number of thiazole rings is 1. The highest BCUT2D eigenvalue weighted by Gasteiger charge is 2.58. The molecule has 31 heavy (non-hydrogen) atoms. The number of hydrogen-bond acceptors (Lipinski definition) is 7. The Hall–Kier alpha value is -2.57. The lowest BCUT2D eigenvalue weighted by Crippen LogP contribution is -2.52. The first-order valence-electron chi connectivity index (χ1n) is 9.45. The normalized spacial score (nSPS) is 17.4. The highest BCUT2D eigenvalue weighted by Crippen LogP contribution is 2.43. The number of alkyl halides is 3. The summed E-state index contributed by atoms with van der Waals surface area (Å²) in [5.41, 5.74) is -2.28. The molecule has 168 valence electrons. The summed E-state index contributed by atoms with van der Waals surface area (Å²) >= 11 is 0.669. The Morgan fingerprint density at radius 2 is 1.97 bits per heavy atom. The van der Waals surface area contributed by atoms with Crippen LogP contribution in [0.3, 0.4) is 0 Å². The average Bonchev–Trinajstić information content (AvgIpc) is 3.14. The fourth-order valence-electron chi connectivity index (χ4n) is 3.35. The summed E-state index contributed by atoms with van der Waals surface area (Å²) in [6.07, 6.45) is -6.18. The number of hydrogen-bond donors (Lipinski definition) is 1. The lowest BCUT2D eigenvalue weighted by Gasteiger charge is -2.36. The van der Waals surface area contributed by atoms with E-state index in [1.807, 2.05) is 4.90 Å². The van der Waals surface area contributed by atoms with Gasteiger partial charge in [-0.05, 0) is 12.5 Å². The number of carbonyl (C=O) groups excluding carboxylic acids is 1. The van der Waals surface area contributed by atoms with Gasteiger partial charge in [-0.2, -0.15) is 13.2 Å². The van der Waals surface area contributed by atoms with Crippen LogP contribution in [0.2, 0.25) is 0 Å². The number of non-ortho nitro benzene ring substituents is 1. The van der Waals surface area contributed by atoms with E-state index in [2.05, 4.69) is 4.98 Å². The van der Waals surface area contributed by atoms with E-state index in [0.29, 0.717) is 36.7 Å². The van der Waals surface area contributed by atoms with Crippen molar-refractivity contribution in [1.82, 2.24) is 14.8 Å². The first-order chi connectivity index (χ1) is 14.5. The van der Waals surface area contributed by atoms with Gasteiger partial charge in [0.25, 0.3) is 5.69 Å². The largest absolute Gasteiger partial charge is 0.424 e. The van der Waals surface area contributed by atoms with Crippen LogP contribution in [0.1, 0.15) is 22.7 Å². The molecule has 8 nitrogen and oxygen atoms in total. The smallest absolute Gasteiger partial charge is 0.374 e. The number of halogens is 3. The van der Waals surface area contributed by atoms with E-state index in [4.69, 9.17) is 0 Å². The molecule has 1 saturated heterocycles. The van der Waals surface area contributed by atoms with E-state index in [0.717, 1.165) is 5.56 Å². The number of nitro benzene ring substituents is 1. The quantitative estimate of drug-likeness (QED) is 0.528. The van der Waals surface area contributed by atoms with E-state index in [1.54, 1.807) is 12.1 Å². The van der Waals surface area contributed by atoms with Gasteiger partial charge in [-0.3, -0.25) is 19.8 Å². The van der Waals surface area contributed by atoms with Crippen molar-refractivity contribution in [3.8, 4) is 0 Å². The molecule has 0 radical (unpaired) electrons. The van der Waals surface area contributed by atoms with Gasteiger partial charge in [0.1, 0.15) is 5.01 Å². The molecule has 1 aliphatic heterocycles. The molecule has 1 aromatic heterocycles. The predicted molar refractivity (Wildman–Crippen MR) is 106 cm³/mol. The summed E-state index contributed by atoms with van der Waals surface area (Å²) in [4.78, 5) is 30.0. The first-order valence-corrected chi connectivity index (χ1v) is 10.3. The van der Waals surface area contributed by atoms with Gasteiger partial charge in [0.2, 0.25) is 11.5 Å². The van der Waals surface area contributed by atoms with E-state index in [1.165, 1.54) is 29.3 Å². The molecule has 1 atom stereocenters. The maximum Gasteiger partial charge on any atom is 0.424 e. The number of aryl methyl sites for hydroxylation is 1. The van der Waals surface area contributed by atoms with Gasteiger partial charge in [-0.25, -0.2) is 4.98 Å². The number of aromatic nitrogens is 1. The van der Waals surface area contributed by atoms with E-state index < -0.39 is 34.0 Å². The van der Waals surface area contributed by atoms with Crippen LogP contribution in [0.4, 0.5) is 18.9 Å². The molecule has 1 amide bonds. The van der Waals surface area contributed by atoms with E-state index >= 15 is 0 Å². The van der Waals surface area contributed by atoms with Crippen molar-refractivity contribution in [2.45, 2.75) is 31.7 Å². The number of rotatable bonds is 6. The van der Waals surface area contributed by atoms with Gasteiger partial charge < -0.3 is 10.0 Å². The molecule has 12 heteroatoms. The maximum absolute atomic E-state index is 13.6. The number of aliphatic hydroxyl groups is 1. The predicted octanol–water partition coefficient (Wildman–Crippen LogP) is 2.84. The van der Waals surface area contributed by atoms with Crippen molar-refractivity contribution < 1.29 is 28.0 Å². The van der Waals surface area contributed by atoms with Crippen LogP contribution < -0.4 is 0 Å². The Morgan fingerprint density at radius 3 is 2.52 bits per heavy atom. The molecule has 1 unspecified atom stereocenters. The number of benzene rings is 1. The van der Waals surface area contributed by atoms with E-state index in [9.17, 15) is 33.2 Å². The summed E-state index contributed by atoms with van der Waals surface area (Å²) in [7, 11) is 0.